The Labute approximate surface area is 196 Å². The van der Waals surface area contributed by atoms with E-state index in [4.69, 9.17) is 4.74 Å². The molecule has 0 aliphatic heterocycles. The van der Waals surface area contributed by atoms with E-state index in [0.717, 1.165) is 10.4 Å². The maximum absolute atomic E-state index is 13.3. The summed E-state index contributed by atoms with van der Waals surface area (Å²) < 4.78 is 5.12. The number of nitrogens with zero attached hydrogens (tertiary/aromatic N) is 3. The molecule has 0 bridgehead atoms. The van der Waals surface area contributed by atoms with Gasteiger partial charge in [-0.25, -0.2) is 0 Å². The molecule has 0 saturated heterocycles. The molecule has 2 amide bonds. The summed E-state index contributed by atoms with van der Waals surface area (Å²) in [5.74, 6) is -0.679. The van der Waals surface area contributed by atoms with Crippen molar-refractivity contribution in [3.63, 3.8) is 0 Å². The highest BCUT2D eigenvalue weighted by atomic mass is 32.1. The maximum atomic E-state index is 13.3. The van der Waals surface area contributed by atoms with Crippen LogP contribution in [-0.4, -0.2) is 53.3 Å². The lowest BCUT2D eigenvalue weighted by molar-refractivity contribution is -0.384. The smallest absolute Gasteiger partial charge is 0.270 e. The minimum atomic E-state index is -0.552. The highest BCUT2D eigenvalue weighted by molar-refractivity contribution is 7.09. The van der Waals surface area contributed by atoms with Crippen molar-refractivity contribution in [3.05, 3.63) is 98.2 Å². The van der Waals surface area contributed by atoms with Gasteiger partial charge in [-0.1, -0.05) is 42.5 Å². The monoisotopic (exact) mass is 467 g/mol. The predicted octanol–water partition coefficient (Wildman–Crippen LogP) is 3.97. The van der Waals surface area contributed by atoms with Crippen LogP contribution in [0.25, 0.3) is 0 Å². The number of carbonyl (C=O) groups is 2. The molecule has 172 valence electrons. The first-order chi connectivity index (χ1) is 16.0. The van der Waals surface area contributed by atoms with Crippen LogP contribution in [0.4, 0.5) is 5.69 Å². The van der Waals surface area contributed by atoms with E-state index in [-0.39, 0.29) is 36.9 Å². The van der Waals surface area contributed by atoms with Crippen LogP contribution >= 0.6 is 11.3 Å². The number of non-ortho nitro benzene ring substituents is 1. The first kappa shape index (κ1) is 24.1. The van der Waals surface area contributed by atoms with E-state index in [9.17, 15) is 19.7 Å². The largest absolute Gasteiger partial charge is 0.383 e. The molecule has 1 aromatic heterocycles. The Morgan fingerprint density at radius 2 is 1.79 bits per heavy atom. The number of amides is 2. The molecule has 3 rings (SSSR count). The zero-order valence-electron chi connectivity index (χ0n) is 18.3. The summed E-state index contributed by atoms with van der Waals surface area (Å²) in [5.41, 5.74) is 0.957. The summed E-state index contributed by atoms with van der Waals surface area (Å²) in [6.45, 7) is 1.08. The SMILES string of the molecule is COCCN(CC(=O)N(Cc1ccccc1)Cc1cccs1)C(=O)c1cccc([N+](=O)[O-])c1. The van der Waals surface area contributed by atoms with Gasteiger partial charge < -0.3 is 14.5 Å². The van der Waals surface area contributed by atoms with E-state index in [2.05, 4.69) is 0 Å². The van der Waals surface area contributed by atoms with Crippen molar-refractivity contribution < 1.29 is 19.2 Å². The van der Waals surface area contributed by atoms with Crippen molar-refractivity contribution in [2.75, 3.05) is 26.8 Å². The Morgan fingerprint density at radius 3 is 2.45 bits per heavy atom. The zero-order valence-corrected chi connectivity index (χ0v) is 19.1. The number of nitro benzene ring substituents is 1. The molecule has 0 fully saturated rings. The third-order valence-electron chi connectivity index (χ3n) is 4.98. The van der Waals surface area contributed by atoms with Gasteiger partial charge in [0, 0.05) is 42.8 Å². The second-order valence-corrected chi connectivity index (χ2v) is 8.37. The summed E-state index contributed by atoms with van der Waals surface area (Å²) >= 11 is 1.56. The number of carbonyl (C=O) groups excluding carboxylic acids is 2. The molecule has 0 N–H and O–H groups in total. The van der Waals surface area contributed by atoms with Gasteiger partial charge in [-0.2, -0.15) is 0 Å². The second-order valence-electron chi connectivity index (χ2n) is 7.34. The molecule has 9 heteroatoms. The Balaban J connectivity index is 1.81. The van der Waals surface area contributed by atoms with Gasteiger partial charge in [-0.15, -0.1) is 11.3 Å². The number of benzene rings is 2. The number of thiophene rings is 1. The van der Waals surface area contributed by atoms with Crippen LogP contribution in [-0.2, 0) is 22.6 Å². The Hall–Kier alpha value is -3.56. The number of hydrogen-bond acceptors (Lipinski definition) is 6. The maximum Gasteiger partial charge on any atom is 0.270 e. The quantitative estimate of drug-likeness (QED) is 0.314. The number of rotatable bonds is 11. The van der Waals surface area contributed by atoms with Crippen molar-refractivity contribution in [3.8, 4) is 0 Å². The molecule has 0 atom stereocenters. The first-order valence-electron chi connectivity index (χ1n) is 10.3. The van der Waals surface area contributed by atoms with Crippen LogP contribution in [0, 0.1) is 10.1 Å². The zero-order chi connectivity index (χ0) is 23.6. The molecule has 33 heavy (non-hydrogen) atoms. The van der Waals surface area contributed by atoms with Gasteiger partial charge in [0.2, 0.25) is 5.91 Å². The summed E-state index contributed by atoms with van der Waals surface area (Å²) in [6.07, 6.45) is 0. The van der Waals surface area contributed by atoms with Gasteiger partial charge >= 0.3 is 0 Å². The van der Waals surface area contributed by atoms with Gasteiger partial charge in [0.05, 0.1) is 18.1 Å². The highest BCUT2D eigenvalue weighted by Crippen LogP contribution is 2.17. The number of nitro groups is 1. The number of ether oxygens (including phenoxy) is 1. The molecule has 0 spiro atoms. The van der Waals surface area contributed by atoms with Gasteiger partial charge in [0.15, 0.2) is 0 Å². The van der Waals surface area contributed by atoms with Gasteiger partial charge in [-0.05, 0) is 23.1 Å². The van der Waals surface area contributed by atoms with Crippen LogP contribution in [0.2, 0.25) is 0 Å². The summed E-state index contributed by atoms with van der Waals surface area (Å²) in [7, 11) is 1.51. The van der Waals surface area contributed by atoms with Crippen LogP contribution in [0.3, 0.4) is 0 Å². The molecule has 8 nitrogen and oxygen atoms in total. The molecular weight excluding hydrogens is 442 g/mol. The molecule has 0 aliphatic carbocycles. The first-order valence-corrected chi connectivity index (χ1v) is 11.2. The third-order valence-corrected chi connectivity index (χ3v) is 5.84. The molecule has 2 aromatic carbocycles. The van der Waals surface area contributed by atoms with E-state index in [0.29, 0.717) is 13.1 Å². The van der Waals surface area contributed by atoms with Crippen LogP contribution in [0.15, 0.2) is 72.1 Å². The fourth-order valence-corrected chi connectivity index (χ4v) is 4.00. The molecular formula is C24H25N3O5S. The number of methoxy groups -OCH3 is 1. The highest BCUT2D eigenvalue weighted by Gasteiger charge is 2.24. The fraction of sp³-hybridized carbons (Fsp3) is 0.250. The van der Waals surface area contributed by atoms with Crippen LogP contribution in [0.5, 0.6) is 0 Å². The predicted molar refractivity (Wildman–Crippen MR) is 126 cm³/mol. The number of hydrogen-bond donors (Lipinski definition) is 0. The van der Waals surface area contributed by atoms with E-state index in [1.54, 1.807) is 16.2 Å². The minimum absolute atomic E-state index is 0.154. The third kappa shape index (κ3) is 6.96. The summed E-state index contributed by atoms with van der Waals surface area (Å²) in [4.78, 5) is 41.2. The Bertz CT molecular complexity index is 1070. The average Bonchev–Trinajstić information content (AvgIpc) is 3.34. The van der Waals surface area contributed by atoms with Gasteiger partial charge in [0.1, 0.15) is 6.54 Å². The Kier molecular flexibility index (Phi) is 8.68. The standard InChI is InChI=1S/C24H25N3O5S/c1-32-13-12-25(24(29)20-9-5-10-21(15-20)27(30)31)18-23(28)26(17-22-11-6-14-33-22)16-19-7-3-2-4-8-19/h2-11,14-15H,12-13,16-18H2,1H3. The van der Waals surface area contributed by atoms with E-state index < -0.39 is 10.8 Å². The van der Waals surface area contributed by atoms with Crippen molar-refractivity contribution in [1.29, 1.82) is 0 Å². The Morgan fingerprint density at radius 1 is 1.00 bits per heavy atom. The van der Waals surface area contributed by atoms with Crippen LogP contribution in [0.1, 0.15) is 20.8 Å². The van der Waals surface area contributed by atoms with Crippen molar-refractivity contribution >= 4 is 28.8 Å². The van der Waals surface area contributed by atoms with E-state index in [1.807, 2.05) is 47.8 Å². The molecule has 0 saturated carbocycles. The van der Waals surface area contributed by atoms with Gasteiger partial charge in [0.25, 0.3) is 11.6 Å². The molecule has 1 heterocycles. The van der Waals surface area contributed by atoms with E-state index >= 15 is 0 Å². The molecule has 0 radical (unpaired) electrons. The minimum Gasteiger partial charge on any atom is -0.383 e. The average molecular weight is 468 g/mol. The molecule has 3 aromatic rings. The summed E-state index contributed by atoms with van der Waals surface area (Å²) in [6, 6.07) is 19.1. The van der Waals surface area contributed by atoms with Crippen molar-refractivity contribution in [1.82, 2.24) is 9.80 Å². The normalized spacial score (nSPS) is 10.6. The second kappa shape index (κ2) is 11.9. The molecule has 0 aliphatic rings. The lowest BCUT2D eigenvalue weighted by Gasteiger charge is -2.27. The van der Waals surface area contributed by atoms with Crippen LogP contribution < -0.4 is 0 Å². The summed E-state index contributed by atoms with van der Waals surface area (Å²) in [5, 5.41) is 13.1. The van der Waals surface area contributed by atoms with Crippen molar-refractivity contribution in [2.24, 2.45) is 0 Å². The van der Waals surface area contributed by atoms with E-state index in [1.165, 1.54) is 36.3 Å². The fourth-order valence-electron chi connectivity index (χ4n) is 3.28. The lowest BCUT2D eigenvalue weighted by atomic mass is 10.1. The topological polar surface area (TPSA) is 93.0 Å². The lowest BCUT2D eigenvalue weighted by Crippen LogP contribution is -2.43. The van der Waals surface area contributed by atoms with Gasteiger partial charge in [-0.3, -0.25) is 19.7 Å². The molecule has 0 unspecified atom stereocenters. The van der Waals surface area contributed by atoms with Crippen molar-refractivity contribution in [2.45, 2.75) is 13.1 Å².